The molecule has 2 aliphatic carbocycles. The minimum absolute atomic E-state index is 0.338. The second-order valence-electron chi connectivity index (χ2n) is 10.4. The molecule has 4 atom stereocenters. The maximum absolute atomic E-state index is 12.9. The molecule has 1 aromatic rings. The van der Waals surface area contributed by atoms with Gasteiger partial charge in [0, 0.05) is 31.6 Å². The molecule has 158 valence electrons. The Morgan fingerprint density at radius 2 is 1.76 bits per heavy atom. The highest BCUT2D eigenvalue weighted by Gasteiger charge is 2.45. The van der Waals surface area contributed by atoms with E-state index in [4.69, 9.17) is 0 Å². The van der Waals surface area contributed by atoms with Gasteiger partial charge in [-0.15, -0.1) is 0 Å². The van der Waals surface area contributed by atoms with Gasteiger partial charge in [-0.05, 0) is 87.3 Å². The molecule has 0 radical (unpaired) electrons. The summed E-state index contributed by atoms with van der Waals surface area (Å²) in [5.41, 5.74) is 3.00. The number of hydrogen-bond donors (Lipinski definition) is 0. The third-order valence-corrected chi connectivity index (χ3v) is 8.66. The van der Waals surface area contributed by atoms with Crippen LogP contribution in [0.25, 0.3) is 0 Å². The largest absolute Gasteiger partial charge is 0.342 e. The number of rotatable bonds is 5. The van der Waals surface area contributed by atoms with Crippen molar-refractivity contribution in [2.75, 3.05) is 26.2 Å². The van der Waals surface area contributed by atoms with E-state index in [2.05, 4.69) is 41.0 Å². The first-order valence-electron chi connectivity index (χ1n) is 12.3. The fourth-order valence-electron chi connectivity index (χ4n) is 6.82. The van der Waals surface area contributed by atoms with Crippen molar-refractivity contribution in [3.63, 3.8) is 0 Å². The lowest BCUT2D eigenvalue weighted by molar-refractivity contribution is -0.134. The molecule has 5 rings (SSSR count). The van der Waals surface area contributed by atoms with Gasteiger partial charge in [-0.3, -0.25) is 4.79 Å². The number of nitrogens with zero attached hydrogens (tertiary/aromatic N) is 2. The van der Waals surface area contributed by atoms with Crippen LogP contribution in [0.15, 0.2) is 24.3 Å². The van der Waals surface area contributed by atoms with Gasteiger partial charge in [0.2, 0.25) is 5.91 Å². The smallest absolute Gasteiger partial charge is 0.225 e. The Morgan fingerprint density at radius 3 is 2.48 bits per heavy atom. The van der Waals surface area contributed by atoms with Crippen LogP contribution >= 0.6 is 0 Å². The molecule has 3 heteroatoms. The van der Waals surface area contributed by atoms with Gasteiger partial charge in [-0.2, -0.15) is 0 Å². The van der Waals surface area contributed by atoms with Crippen molar-refractivity contribution >= 4 is 5.91 Å². The monoisotopic (exact) mass is 394 g/mol. The molecule has 0 unspecified atom stereocenters. The minimum Gasteiger partial charge on any atom is -0.342 e. The molecule has 4 aliphatic rings. The van der Waals surface area contributed by atoms with E-state index in [0.29, 0.717) is 23.7 Å². The first kappa shape index (κ1) is 19.6. The predicted octanol–water partition coefficient (Wildman–Crippen LogP) is 4.86. The standard InChI is InChI=1S/C26H38N2O/c1-19-5-4-15-27(19)16-14-20-8-10-21(11-9-20)24-13-12-23-17-28(18-25(23)24)26(29)22-6-2-3-7-22/h8-11,19,22-25H,2-7,12-18H2,1H3/t19-,23-,24+,25+/m1/s1. The Kier molecular flexibility index (Phi) is 5.69. The molecule has 1 aromatic carbocycles. The Bertz CT molecular complexity index is 708. The summed E-state index contributed by atoms with van der Waals surface area (Å²) >= 11 is 0. The molecule has 0 bridgehead atoms. The fourth-order valence-corrected chi connectivity index (χ4v) is 6.82. The van der Waals surface area contributed by atoms with Crippen LogP contribution in [-0.4, -0.2) is 47.9 Å². The molecule has 0 spiro atoms. The number of hydrogen-bond acceptors (Lipinski definition) is 2. The van der Waals surface area contributed by atoms with Gasteiger partial charge in [0.25, 0.3) is 0 Å². The summed E-state index contributed by atoms with van der Waals surface area (Å²) < 4.78 is 0. The molecule has 29 heavy (non-hydrogen) atoms. The number of amides is 1. The maximum Gasteiger partial charge on any atom is 0.225 e. The average Bonchev–Trinajstić information content (AvgIpc) is 3.51. The van der Waals surface area contributed by atoms with E-state index in [1.165, 1.54) is 69.2 Å². The molecule has 4 fully saturated rings. The summed E-state index contributed by atoms with van der Waals surface area (Å²) in [5, 5.41) is 0. The van der Waals surface area contributed by atoms with Crippen LogP contribution in [-0.2, 0) is 11.2 Å². The van der Waals surface area contributed by atoms with Crippen molar-refractivity contribution in [1.29, 1.82) is 0 Å². The highest BCUT2D eigenvalue weighted by Crippen LogP contribution is 2.48. The predicted molar refractivity (Wildman–Crippen MR) is 118 cm³/mol. The number of carbonyl (C=O) groups is 1. The SMILES string of the molecule is C[C@@H]1CCCN1CCc1ccc([C@@H]2CC[C@@H]3CN(C(=O)C4CCCC4)C[C@@H]32)cc1. The van der Waals surface area contributed by atoms with Gasteiger partial charge in [-0.1, -0.05) is 37.1 Å². The highest BCUT2D eigenvalue weighted by atomic mass is 16.2. The van der Waals surface area contributed by atoms with Crippen molar-refractivity contribution in [1.82, 2.24) is 9.80 Å². The molecule has 2 saturated heterocycles. The third kappa shape index (κ3) is 4.00. The third-order valence-electron chi connectivity index (χ3n) is 8.66. The molecular weight excluding hydrogens is 356 g/mol. The summed E-state index contributed by atoms with van der Waals surface area (Å²) in [6.45, 7) is 6.89. The molecule has 3 nitrogen and oxygen atoms in total. The van der Waals surface area contributed by atoms with Crippen molar-refractivity contribution in [3.8, 4) is 0 Å². The zero-order valence-electron chi connectivity index (χ0n) is 18.2. The fraction of sp³-hybridized carbons (Fsp3) is 0.731. The van der Waals surface area contributed by atoms with E-state index >= 15 is 0 Å². The van der Waals surface area contributed by atoms with E-state index in [1.807, 2.05) is 0 Å². The van der Waals surface area contributed by atoms with E-state index in [0.717, 1.165) is 37.9 Å². The Morgan fingerprint density at radius 1 is 0.966 bits per heavy atom. The molecule has 0 N–H and O–H groups in total. The number of benzene rings is 1. The van der Waals surface area contributed by atoms with Gasteiger partial charge >= 0.3 is 0 Å². The van der Waals surface area contributed by atoms with Gasteiger partial charge in [0.1, 0.15) is 0 Å². The molecule has 2 heterocycles. The van der Waals surface area contributed by atoms with Gasteiger partial charge in [0.15, 0.2) is 0 Å². The van der Waals surface area contributed by atoms with E-state index in [1.54, 1.807) is 0 Å². The number of likely N-dealkylation sites (tertiary alicyclic amines) is 2. The van der Waals surface area contributed by atoms with Crippen molar-refractivity contribution in [2.24, 2.45) is 17.8 Å². The van der Waals surface area contributed by atoms with Crippen molar-refractivity contribution in [3.05, 3.63) is 35.4 Å². The Balaban J connectivity index is 1.18. The van der Waals surface area contributed by atoms with E-state index < -0.39 is 0 Å². The van der Waals surface area contributed by atoms with Crippen LogP contribution < -0.4 is 0 Å². The van der Waals surface area contributed by atoms with Crippen molar-refractivity contribution in [2.45, 2.75) is 76.7 Å². The Labute approximate surface area is 176 Å². The second kappa shape index (κ2) is 8.41. The lowest BCUT2D eigenvalue weighted by atomic mass is 9.86. The number of fused-ring (bicyclic) bond motifs is 1. The van der Waals surface area contributed by atoms with Gasteiger partial charge in [0.05, 0.1) is 0 Å². The summed E-state index contributed by atoms with van der Waals surface area (Å²) in [4.78, 5) is 17.8. The highest BCUT2D eigenvalue weighted by molar-refractivity contribution is 5.79. The molecule has 0 aromatic heterocycles. The molecule has 1 amide bonds. The minimum atomic E-state index is 0.338. The summed E-state index contributed by atoms with van der Waals surface area (Å²) in [5.74, 6) is 2.90. The first-order valence-corrected chi connectivity index (χ1v) is 12.3. The van der Waals surface area contributed by atoms with Gasteiger partial charge in [-0.25, -0.2) is 0 Å². The lowest BCUT2D eigenvalue weighted by Crippen LogP contribution is -2.34. The van der Waals surface area contributed by atoms with E-state index in [-0.39, 0.29) is 0 Å². The molecule has 2 aliphatic heterocycles. The molecular formula is C26H38N2O. The van der Waals surface area contributed by atoms with Crippen LogP contribution in [0, 0.1) is 17.8 Å². The van der Waals surface area contributed by atoms with Gasteiger partial charge < -0.3 is 9.80 Å². The zero-order valence-corrected chi connectivity index (χ0v) is 18.2. The normalized spacial score (nSPS) is 32.9. The second-order valence-corrected chi connectivity index (χ2v) is 10.4. The van der Waals surface area contributed by atoms with Crippen LogP contribution in [0.5, 0.6) is 0 Å². The summed E-state index contributed by atoms with van der Waals surface area (Å²) in [7, 11) is 0. The van der Waals surface area contributed by atoms with Crippen LogP contribution in [0.4, 0.5) is 0 Å². The average molecular weight is 395 g/mol. The summed E-state index contributed by atoms with van der Waals surface area (Å²) in [6, 6.07) is 10.3. The van der Waals surface area contributed by atoms with Crippen LogP contribution in [0.1, 0.15) is 75.3 Å². The topological polar surface area (TPSA) is 23.6 Å². The maximum atomic E-state index is 12.9. The lowest BCUT2D eigenvalue weighted by Gasteiger charge is -2.24. The first-order chi connectivity index (χ1) is 14.2. The zero-order chi connectivity index (χ0) is 19.8. The van der Waals surface area contributed by atoms with Crippen LogP contribution in [0.2, 0.25) is 0 Å². The summed E-state index contributed by atoms with van der Waals surface area (Å²) in [6.07, 6.45) is 11.3. The quantitative estimate of drug-likeness (QED) is 0.712. The van der Waals surface area contributed by atoms with Crippen LogP contribution in [0.3, 0.4) is 0 Å². The Hall–Kier alpha value is -1.35. The molecule has 2 saturated carbocycles. The number of carbonyl (C=O) groups excluding carboxylic acids is 1. The van der Waals surface area contributed by atoms with Crippen molar-refractivity contribution < 1.29 is 4.79 Å². The van der Waals surface area contributed by atoms with E-state index in [9.17, 15) is 4.79 Å².